The molecule has 0 aromatic heterocycles. The predicted octanol–water partition coefficient (Wildman–Crippen LogP) is 2.32. The molecule has 0 heterocycles. The molecule has 0 radical (unpaired) electrons. The molecular formula is C11H24IN3S. The molecule has 1 rings (SSSR count). The van der Waals surface area contributed by atoms with Crippen molar-refractivity contribution in [2.24, 2.45) is 10.9 Å². The van der Waals surface area contributed by atoms with Crippen LogP contribution >= 0.6 is 35.7 Å². The highest BCUT2D eigenvalue weighted by molar-refractivity contribution is 14.0. The molecule has 0 spiro atoms. The van der Waals surface area contributed by atoms with Gasteiger partial charge in [0.2, 0.25) is 0 Å². The van der Waals surface area contributed by atoms with Gasteiger partial charge in [-0.25, -0.2) is 0 Å². The van der Waals surface area contributed by atoms with Crippen LogP contribution in [0.1, 0.15) is 26.2 Å². The van der Waals surface area contributed by atoms with Crippen molar-refractivity contribution in [3.63, 3.8) is 0 Å². The van der Waals surface area contributed by atoms with Crippen LogP contribution in [0.25, 0.3) is 0 Å². The average Bonchev–Trinajstić information content (AvgIpc) is 3.04. The number of aliphatic imine (C=N–C) groups is 1. The zero-order valence-corrected chi connectivity index (χ0v) is 13.4. The van der Waals surface area contributed by atoms with Gasteiger partial charge in [0.1, 0.15) is 0 Å². The summed E-state index contributed by atoms with van der Waals surface area (Å²) in [5, 5.41) is 6.64. The van der Waals surface area contributed by atoms with E-state index in [1.54, 1.807) is 0 Å². The Kier molecular flexibility index (Phi) is 10.7. The van der Waals surface area contributed by atoms with Gasteiger partial charge >= 0.3 is 0 Å². The summed E-state index contributed by atoms with van der Waals surface area (Å²) in [6.07, 6.45) is 6.09. The first kappa shape index (κ1) is 16.4. The lowest BCUT2D eigenvalue weighted by atomic mass is 10.4. The SMILES string of the molecule is CCNC(=NCC1CC1)NCCCSC.I. The Hall–Kier alpha value is 0.350. The number of halogens is 1. The predicted molar refractivity (Wildman–Crippen MR) is 85.1 cm³/mol. The van der Waals surface area contributed by atoms with E-state index in [0.717, 1.165) is 31.5 Å². The normalized spacial score (nSPS) is 15.5. The monoisotopic (exact) mass is 357 g/mol. The van der Waals surface area contributed by atoms with Crippen molar-refractivity contribution in [3.05, 3.63) is 0 Å². The fourth-order valence-electron chi connectivity index (χ4n) is 1.29. The molecule has 0 atom stereocenters. The summed E-state index contributed by atoms with van der Waals surface area (Å²) in [6, 6.07) is 0. The maximum atomic E-state index is 4.56. The lowest BCUT2D eigenvalue weighted by Crippen LogP contribution is -2.38. The van der Waals surface area contributed by atoms with Crippen molar-refractivity contribution >= 4 is 41.7 Å². The fraction of sp³-hybridized carbons (Fsp3) is 0.909. The first-order valence-corrected chi connectivity index (χ1v) is 7.27. The molecule has 1 fully saturated rings. The van der Waals surface area contributed by atoms with E-state index in [4.69, 9.17) is 0 Å². The van der Waals surface area contributed by atoms with Crippen molar-refractivity contribution in [1.29, 1.82) is 0 Å². The molecule has 5 heteroatoms. The number of guanidine groups is 1. The van der Waals surface area contributed by atoms with Crippen LogP contribution in [0.4, 0.5) is 0 Å². The van der Waals surface area contributed by atoms with Gasteiger partial charge < -0.3 is 10.6 Å². The average molecular weight is 357 g/mol. The molecular weight excluding hydrogens is 333 g/mol. The Morgan fingerprint density at radius 1 is 1.38 bits per heavy atom. The van der Waals surface area contributed by atoms with Gasteiger partial charge in [-0.1, -0.05) is 0 Å². The molecule has 0 bridgehead atoms. The third-order valence-corrected chi connectivity index (χ3v) is 3.06. The van der Waals surface area contributed by atoms with E-state index in [1.807, 2.05) is 11.8 Å². The smallest absolute Gasteiger partial charge is 0.191 e. The highest BCUT2D eigenvalue weighted by atomic mass is 127. The molecule has 0 unspecified atom stereocenters. The van der Waals surface area contributed by atoms with Gasteiger partial charge in [0, 0.05) is 19.6 Å². The molecule has 0 aromatic rings. The first-order chi connectivity index (χ1) is 7.36. The summed E-state index contributed by atoms with van der Waals surface area (Å²) in [4.78, 5) is 4.56. The summed E-state index contributed by atoms with van der Waals surface area (Å²) < 4.78 is 0. The van der Waals surface area contributed by atoms with Crippen molar-refractivity contribution in [3.8, 4) is 0 Å². The van der Waals surface area contributed by atoms with E-state index in [9.17, 15) is 0 Å². The van der Waals surface area contributed by atoms with Crippen LogP contribution in [0.2, 0.25) is 0 Å². The summed E-state index contributed by atoms with van der Waals surface area (Å²) in [5.74, 6) is 3.08. The Labute approximate surface area is 121 Å². The van der Waals surface area contributed by atoms with Gasteiger partial charge in [-0.2, -0.15) is 11.8 Å². The Morgan fingerprint density at radius 3 is 2.69 bits per heavy atom. The Morgan fingerprint density at radius 2 is 2.12 bits per heavy atom. The fourth-order valence-corrected chi connectivity index (χ4v) is 1.72. The van der Waals surface area contributed by atoms with Crippen molar-refractivity contribution in [1.82, 2.24) is 10.6 Å². The van der Waals surface area contributed by atoms with Crippen LogP contribution in [0.5, 0.6) is 0 Å². The molecule has 1 aliphatic rings. The maximum absolute atomic E-state index is 4.56. The zero-order chi connectivity index (χ0) is 10.9. The van der Waals surface area contributed by atoms with E-state index in [1.165, 1.54) is 25.0 Å². The first-order valence-electron chi connectivity index (χ1n) is 5.88. The van der Waals surface area contributed by atoms with E-state index in [-0.39, 0.29) is 24.0 Å². The number of nitrogens with zero attached hydrogens (tertiary/aromatic N) is 1. The second-order valence-corrected chi connectivity index (χ2v) is 4.92. The van der Waals surface area contributed by atoms with E-state index >= 15 is 0 Å². The minimum atomic E-state index is 0. The standard InChI is InChI=1S/C11H23N3S.HI/c1-3-12-11(13-7-4-8-15-2)14-9-10-5-6-10;/h10H,3-9H2,1-2H3,(H2,12,13,14);1H. The maximum Gasteiger partial charge on any atom is 0.191 e. The molecule has 0 aromatic carbocycles. The lowest BCUT2D eigenvalue weighted by Gasteiger charge is -2.10. The van der Waals surface area contributed by atoms with E-state index < -0.39 is 0 Å². The minimum Gasteiger partial charge on any atom is -0.357 e. The molecule has 0 amide bonds. The van der Waals surface area contributed by atoms with E-state index in [0.29, 0.717) is 0 Å². The Balaban J connectivity index is 0.00000225. The second-order valence-electron chi connectivity index (χ2n) is 3.94. The molecule has 0 saturated heterocycles. The third kappa shape index (κ3) is 8.50. The molecule has 16 heavy (non-hydrogen) atoms. The number of nitrogens with one attached hydrogen (secondary N) is 2. The van der Waals surface area contributed by atoms with Crippen LogP contribution in [-0.2, 0) is 0 Å². The highest BCUT2D eigenvalue weighted by Gasteiger charge is 2.20. The van der Waals surface area contributed by atoms with Crippen LogP contribution < -0.4 is 10.6 Å². The van der Waals surface area contributed by atoms with Crippen LogP contribution in [0.3, 0.4) is 0 Å². The number of hydrogen-bond acceptors (Lipinski definition) is 2. The van der Waals surface area contributed by atoms with Crippen LogP contribution in [-0.4, -0.2) is 37.6 Å². The van der Waals surface area contributed by atoms with Crippen molar-refractivity contribution in [2.45, 2.75) is 26.2 Å². The summed E-state index contributed by atoms with van der Waals surface area (Å²) >= 11 is 1.89. The van der Waals surface area contributed by atoms with Gasteiger partial charge in [0.25, 0.3) is 0 Å². The topological polar surface area (TPSA) is 36.4 Å². The second kappa shape index (κ2) is 10.5. The molecule has 2 N–H and O–H groups in total. The molecule has 1 saturated carbocycles. The van der Waals surface area contributed by atoms with Gasteiger partial charge in [-0.3, -0.25) is 4.99 Å². The zero-order valence-electron chi connectivity index (χ0n) is 10.3. The lowest BCUT2D eigenvalue weighted by molar-refractivity contribution is 0.770. The van der Waals surface area contributed by atoms with E-state index in [2.05, 4.69) is 28.8 Å². The van der Waals surface area contributed by atoms with Gasteiger partial charge in [-0.05, 0) is 44.1 Å². The largest absolute Gasteiger partial charge is 0.357 e. The van der Waals surface area contributed by atoms with Gasteiger partial charge in [-0.15, -0.1) is 24.0 Å². The van der Waals surface area contributed by atoms with Gasteiger partial charge in [0.05, 0.1) is 0 Å². The van der Waals surface area contributed by atoms with Crippen LogP contribution in [0.15, 0.2) is 4.99 Å². The van der Waals surface area contributed by atoms with Crippen molar-refractivity contribution in [2.75, 3.05) is 31.6 Å². The number of rotatable bonds is 7. The molecule has 96 valence electrons. The number of hydrogen-bond donors (Lipinski definition) is 2. The summed E-state index contributed by atoms with van der Waals surface area (Å²) in [7, 11) is 0. The quantitative estimate of drug-likeness (QED) is 0.318. The summed E-state index contributed by atoms with van der Waals surface area (Å²) in [6.45, 7) is 5.07. The molecule has 3 nitrogen and oxygen atoms in total. The Bertz CT molecular complexity index is 196. The van der Waals surface area contributed by atoms with Crippen LogP contribution in [0, 0.1) is 5.92 Å². The highest BCUT2D eigenvalue weighted by Crippen LogP contribution is 2.28. The molecule has 0 aliphatic heterocycles. The molecule has 1 aliphatic carbocycles. The van der Waals surface area contributed by atoms with Gasteiger partial charge in [0.15, 0.2) is 5.96 Å². The number of thioether (sulfide) groups is 1. The third-order valence-electron chi connectivity index (χ3n) is 2.37. The minimum absolute atomic E-state index is 0. The summed E-state index contributed by atoms with van der Waals surface area (Å²) in [5.41, 5.74) is 0. The van der Waals surface area contributed by atoms with Crippen molar-refractivity contribution < 1.29 is 0 Å².